The molecule has 3 aromatic rings. The van der Waals surface area contributed by atoms with E-state index >= 15 is 0 Å². The number of halogens is 2. The van der Waals surface area contributed by atoms with Crippen molar-refractivity contribution >= 4 is 34.1 Å². The number of nitrogens with one attached hydrogen (secondary N) is 3. The lowest BCUT2D eigenvalue weighted by molar-refractivity contribution is 0.297. The largest absolute Gasteiger partial charge is 0.492 e. The van der Waals surface area contributed by atoms with Crippen LogP contribution in [0, 0.1) is 0 Å². The fourth-order valence-corrected chi connectivity index (χ4v) is 3.77. The molecule has 130 valence electrons. The maximum atomic E-state index is 6.24. The molecular formula is C19H19Cl2N3O. The second kappa shape index (κ2) is 7.26. The zero-order valence-electron chi connectivity index (χ0n) is 13.6. The van der Waals surface area contributed by atoms with E-state index < -0.39 is 0 Å². The molecule has 1 aromatic heterocycles. The highest BCUT2D eigenvalue weighted by Gasteiger charge is 2.18. The second-order valence-corrected chi connectivity index (χ2v) is 6.89. The Balaban J connectivity index is 1.40. The molecule has 0 bridgehead atoms. The van der Waals surface area contributed by atoms with Crippen LogP contribution in [0.2, 0.25) is 10.0 Å². The quantitative estimate of drug-likeness (QED) is 0.583. The molecule has 1 aliphatic heterocycles. The van der Waals surface area contributed by atoms with E-state index in [1.165, 1.54) is 11.1 Å². The van der Waals surface area contributed by atoms with Crippen molar-refractivity contribution in [1.82, 2.24) is 15.6 Å². The molecule has 3 N–H and O–H groups in total. The highest BCUT2D eigenvalue weighted by molar-refractivity contribution is 6.40. The van der Waals surface area contributed by atoms with E-state index in [2.05, 4.69) is 39.9 Å². The molecule has 25 heavy (non-hydrogen) atoms. The molecular weight excluding hydrogens is 357 g/mol. The number of hydrogen-bond donors (Lipinski definition) is 3. The van der Waals surface area contributed by atoms with Gasteiger partial charge in [-0.1, -0.05) is 47.5 Å². The molecule has 0 saturated carbocycles. The maximum Gasteiger partial charge on any atom is 0.130 e. The molecule has 0 spiro atoms. The lowest BCUT2D eigenvalue weighted by atomic mass is 9.98. The molecule has 4 rings (SSSR count). The smallest absolute Gasteiger partial charge is 0.130 e. The number of fused-ring (bicyclic) bond motifs is 2. The molecule has 6 heteroatoms. The van der Waals surface area contributed by atoms with Crippen LogP contribution in [0.4, 0.5) is 0 Å². The molecule has 4 nitrogen and oxygen atoms in total. The number of ether oxygens (including phenoxy) is 1. The summed E-state index contributed by atoms with van der Waals surface area (Å²) in [4.78, 5) is 3.08. The summed E-state index contributed by atoms with van der Waals surface area (Å²) in [5.41, 5.74) is 3.52. The SMILES string of the molecule is Clc1ccc(OCCNC2NCCc3ccccc32)c2c(Cl)c[nH]c12. The number of hydrogen-bond acceptors (Lipinski definition) is 3. The van der Waals surface area contributed by atoms with Gasteiger partial charge in [0.05, 0.1) is 27.1 Å². The van der Waals surface area contributed by atoms with E-state index in [-0.39, 0.29) is 6.17 Å². The van der Waals surface area contributed by atoms with Crippen molar-refractivity contribution in [1.29, 1.82) is 0 Å². The average molecular weight is 376 g/mol. The van der Waals surface area contributed by atoms with Crippen molar-refractivity contribution in [3.63, 3.8) is 0 Å². The number of aromatic amines is 1. The summed E-state index contributed by atoms with van der Waals surface area (Å²) in [5.74, 6) is 0.740. The number of H-pyrrole nitrogens is 1. The standard InChI is InChI=1S/C19H19Cl2N3O/c20-14-5-6-16(17-15(21)11-24-18(14)17)25-10-9-23-19-13-4-2-1-3-12(13)7-8-22-19/h1-6,11,19,22-24H,7-10H2. The van der Waals surface area contributed by atoms with Crippen molar-refractivity contribution in [2.24, 2.45) is 0 Å². The minimum Gasteiger partial charge on any atom is -0.492 e. The first-order chi connectivity index (χ1) is 12.2. The van der Waals surface area contributed by atoms with Crippen LogP contribution in [0.15, 0.2) is 42.6 Å². The number of rotatable bonds is 5. The molecule has 0 fully saturated rings. The first-order valence-corrected chi connectivity index (χ1v) is 9.12. The van der Waals surface area contributed by atoms with Gasteiger partial charge in [0.25, 0.3) is 0 Å². The lowest BCUT2D eigenvalue weighted by Crippen LogP contribution is -2.40. The van der Waals surface area contributed by atoms with Crippen LogP contribution in [-0.4, -0.2) is 24.7 Å². The van der Waals surface area contributed by atoms with Crippen molar-refractivity contribution in [2.75, 3.05) is 19.7 Å². The summed E-state index contributed by atoms with van der Waals surface area (Å²) >= 11 is 12.4. The molecule has 2 aromatic carbocycles. The Kier molecular flexibility index (Phi) is 4.86. The average Bonchev–Trinajstić information content (AvgIpc) is 3.03. The molecule has 1 unspecified atom stereocenters. The number of aromatic nitrogens is 1. The Bertz CT molecular complexity index is 894. The van der Waals surface area contributed by atoms with Gasteiger partial charge in [-0.2, -0.15) is 0 Å². The molecule has 0 amide bonds. The van der Waals surface area contributed by atoms with Crippen LogP contribution in [0.25, 0.3) is 10.9 Å². The fraction of sp³-hybridized carbons (Fsp3) is 0.263. The third kappa shape index (κ3) is 3.35. The summed E-state index contributed by atoms with van der Waals surface area (Å²) in [6.45, 7) is 2.24. The van der Waals surface area contributed by atoms with Crippen LogP contribution in [0.5, 0.6) is 5.75 Å². The van der Waals surface area contributed by atoms with Gasteiger partial charge in [0.15, 0.2) is 0 Å². The topological polar surface area (TPSA) is 49.1 Å². The highest BCUT2D eigenvalue weighted by Crippen LogP contribution is 2.36. The van der Waals surface area contributed by atoms with Crippen LogP contribution < -0.4 is 15.4 Å². The van der Waals surface area contributed by atoms with Crippen molar-refractivity contribution < 1.29 is 4.74 Å². The lowest BCUT2D eigenvalue weighted by Gasteiger charge is -2.27. The van der Waals surface area contributed by atoms with Gasteiger partial charge in [-0.15, -0.1) is 0 Å². The van der Waals surface area contributed by atoms with Gasteiger partial charge >= 0.3 is 0 Å². The Labute approximate surface area is 156 Å². The first-order valence-electron chi connectivity index (χ1n) is 8.36. The van der Waals surface area contributed by atoms with Crippen LogP contribution >= 0.6 is 23.2 Å². The van der Waals surface area contributed by atoms with Gasteiger partial charge < -0.3 is 9.72 Å². The van der Waals surface area contributed by atoms with Crippen LogP contribution in [-0.2, 0) is 6.42 Å². The summed E-state index contributed by atoms with van der Waals surface area (Å²) in [7, 11) is 0. The van der Waals surface area contributed by atoms with Gasteiger partial charge in [0, 0.05) is 19.3 Å². The summed E-state index contributed by atoms with van der Waals surface area (Å²) in [6, 6.07) is 12.2. The maximum absolute atomic E-state index is 6.24. The summed E-state index contributed by atoms with van der Waals surface area (Å²) in [5, 5.41) is 9.10. The normalized spacial score (nSPS) is 16.8. The minimum atomic E-state index is 0.162. The van der Waals surface area contributed by atoms with Crippen molar-refractivity contribution in [3.8, 4) is 5.75 Å². The monoisotopic (exact) mass is 375 g/mol. The molecule has 0 radical (unpaired) electrons. The second-order valence-electron chi connectivity index (χ2n) is 6.07. The molecule has 0 saturated heterocycles. The van der Waals surface area contributed by atoms with Gasteiger partial charge in [0.1, 0.15) is 12.4 Å². The van der Waals surface area contributed by atoms with Gasteiger partial charge in [0.2, 0.25) is 0 Å². The zero-order valence-corrected chi connectivity index (χ0v) is 15.1. The Hall–Kier alpha value is -1.72. The molecule has 1 atom stereocenters. The number of benzene rings is 2. The van der Waals surface area contributed by atoms with E-state index in [1.807, 2.05) is 12.1 Å². The molecule has 2 heterocycles. The Morgan fingerprint density at radius 3 is 2.92 bits per heavy atom. The van der Waals surface area contributed by atoms with Gasteiger partial charge in [-0.3, -0.25) is 10.6 Å². The first kappa shape index (κ1) is 16.7. The third-order valence-corrected chi connectivity index (χ3v) is 5.13. The molecule has 0 aliphatic carbocycles. The summed E-state index contributed by atoms with van der Waals surface area (Å²) < 4.78 is 5.94. The molecule has 1 aliphatic rings. The highest BCUT2D eigenvalue weighted by atomic mass is 35.5. The Morgan fingerprint density at radius 1 is 1.12 bits per heavy atom. The predicted octanol–water partition coefficient (Wildman–Crippen LogP) is 4.29. The van der Waals surface area contributed by atoms with Crippen LogP contribution in [0.1, 0.15) is 17.3 Å². The van der Waals surface area contributed by atoms with E-state index in [0.717, 1.165) is 36.2 Å². The summed E-state index contributed by atoms with van der Waals surface area (Å²) in [6.07, 6.45) is 2.96. The van der Waals surface area contributed by atoms with Crippen molar-refractivity contribution in [3.05, 3.63) is 63.8 Å². The van der Waals surface area contributed by atoms with E-state index in [1.54, 1.807) is 6.20 Å². The minimum absolute atomic E-state index is 0.162. The van der Waals surface area contributed by atoms with E-state index in [0.29, 0.717) is 16.7 Å². The fourth-order valence-electron chi connectivity index (χ4n) is 3.32. The van der Waals surface area contributed by atoms with Crippen molar-refractivity contribution in [2.45, 2.75) is 12.6 Å². The van der Waals surface area contributed by atoms with Crippen LogP contribution in [0.3, 0.4) is 0 Å². The predicted molar refractivity (Wildman–Crippen MR) is 103 cm³/mol. The van der Waals surface area contributed by atoms with Gasteiger partial charge in [-0.25, -0.2) is 0 Å². The Morgan fingerprint density at radius 2 is 2.00 bits per heavy atom. The van der Waals surface area contributed by atoms with E-state index in [9.17, 15) is 0 Å². The van der Waals surface area contributed by atoms with E-state index in [4.69, 9.17) is 27.9 Å². The third-order valence-electron chi connectivity index (χ3n) is 4.52. The zero-order chi connectivity index (χ0) is 17.2. The van der Waals surface area contributed by atoms with Gasteiger partial charge in [-0.05, 0) is 29.7 Å².